The van der Waals surface area contributed by atoms with Crippen molar-refractivity contribution >= 4 is 5.91 Å². The van der Waals surface area contributed by atoms with Gasteiger partial charge in [-0.3, -0.25) is 9.59 Å². The number of aromatic amines is 2. The lowest BCUT2D eigenvalue weighted by atomic mass is 10.1. The number of hydrogen-bond acceptors (Lipinski definition) is 4. The maximum absolute atomic E-state index is 12.1. The Bertz CT molecular complexity index is 716. The maximum atomic E-state index is 12.1. The SMILES string of the molecule is Cc1cnc(C(C)NC(=O)Cc2c(C)nc(C)[nH]c2=O)[nH]1. The van der Waals surface area contributed by atoms with Crippen LogP contribution in [0, 0.1) is 20.8 Å². The molecule has 7 heteroatoms. The van der Waals surface area contributed by atoms with Crippen molar-refractivity contribution in [2.45, 2.75) is 40.2 Å². The normalized spacial score (nSPS) is 12.2. The molecule has 0 radical (unpaired) electrons. The molecule has 1 amide bonds. The summed E-state index contributed by atoms with van der Waals surface area (Å²) in [4.78, 5) is 37.9. The van der Waals surface area contributed by atoms with Crippen molar-refractivity contribution in [3.05, 3.63) is 45.2 Å². The Morgan fingerprint density at radius 1 is 1.33 bits per heavy atom. The fourth-order valence-electron chi connectivity index (χ4n) is 2.13. The molecule has 2 aromatic heterocycles. The smallest absolute Gasteiger partial charge is 0.254 e. The summed E-state index contributed by atoms with van der Waals surface area (Å²) in [5.41, 5.74) is 1.63. The van der Waals surface area contributed by atoms with E-state index in [0.717, 1.165) is 5.69 Å². The van der Waals surface area contributed by atoms with E-state index in [9.17, 15) is 9.59 Å². The summed E-state index contributed by atoms with van der Waals surface area (Å²) in [6.45, 7) is 7.16. The van der Waals surface area contributed by atoms with Crippen LogP contribution in [-0.4, -0.2) is 25.8 Å². The molecule has 2 rings (SSSR count). The highest BCUT2D eigenvalue weighted by atomic mass is 16.2. The van der Waals surface area contributed by atoms with Crippen LogP contribution in [0.2, 0.25) is 0 Å². The van der Waals surface area contributed by atoms with Crippen molar-refractivity contribution in [2.24, 2.45) is 0 Å². The molecule has 0 saturated heterocycles. The number of amides is 1. The highest BCUT2D eigenvalue weighted by Crippen LogP contribution is 2.08. The highest BCUT2D eigenvalue weighted by Gasteiger charge is 2.15. The average Bonchev–Trinajstić information content (AvgIpc) is 2.80. The molecule has 0 bridgehead atoms. The molecule has 3 N–H and O–H groups in total. The molecule has 0 aromatic carbocycles. The van der Waals surface area contributed by atoms with Crippen LogP contribution >= 0.6 is 0 Å². The largest absolute Gasteiger partial charge is 0.346 e. The number of H-pyrrole nitrogens is 2. The van der Waals surface area contributed by atoms with Crippen molar-refractivity contribution in [3.63, 3.8) is 0 Å². The Kier molecular flexibility index (Phi) is 4.21. The molecular formula is C14H19N5O2. The number of carbonyl (C=O) groups excluding carboxylic acids is 1. The zero-order valence-corrected chi connectivity index (χ0v) is 12.6. The van der Waals surface area contributed by atoms with Crippen LogP contribution in [0.4, 0.5) is 0 Å². The summed E-state index contributed by atoms with van der Waals surface area (Å²) in [5.74, 6) is 0.991. The lowest BCUT2D eigenvalue weighted by Gasteiger charge is -2.12. The van der Waals surface area contributed by atoms with Crippen LogP contribution in [0.3, 0.4) is 0 Å². The van der Waals surface area contributed by atoms with Gasteiger partial charge in [-0.2, -0.15) is 0 Å². The standard InChI is InChI=1S/C14H19N5O2/c1-7-6-15-13(16-7)9(3)18-12(20)5-11-8(2)17-10(4)19-14(11)21/h6,9H,5H2,1-4H3,(H,15,16)(H,18,20)(H,17,19,21). The molecule has 0 aliphatic heterocycles. The van der Waals surface area contributed by atoms with Gasteiger partial charge >= 0.3 is 0 Å². The van der Waals surface area contributed by atoms with Crippen molar-refractivity contribution in [3.8, 4) is 0 Å². The third kappa shape index (κ3) is 3.56. The van der Waals surface area contributed by atoms with E-state index in [1.807, 2.05) is 13.8 Å². The average molecular weight is 289 g/mol. The number of nitrogens with one attached hydrogen (secondary N) is 3. The van der Waals surface area contributed by atoms with Crippen LogP contribution in [0.5, 0.6) is 0 Å². The zero-order chi connectivity index (χ0) is 15.6. The second-order valence-electron chi connectivity index (χ2n) is 5.13. The van der Waals surface area contributed by atoms with Gasteiger partial charge < -0.3 is 15.3 Å². The van der Waals surface area contributed by atoms with E-state index >= 15 is 0 Å². The number of hydrogen-bond donors (Lipinski definition) is 3. The number of nitrogens with zero attached hydrogens (tertiary/aromatic N) is 2. The van der Waals surface area contributed by atoms with Crippen LogP contribution < -0.4 is 10.9 Å². The summed E-state index contributed by atoms with van der Waals surface area (Å²) < 4.78 is 0. The van der Waals surface area contributed by atoms with Gasteiger partial charge in [0, 0.05) is 23.1 Å². The van der Waals surface area contributed by atoms with Gasteiger partial charge in [-0.1, -0.05) is 0 Å². The fourth-order valence-corrected chi connectivity index (χ4v) is 2.13. The number of rotatable bonds is 4. The van der Waals surface area contributed by atoms with Gasteiger partial charge in [-0.25, -0.2) is 9.97 Å². The molecule has 0 aliphatic carbocycles. The van der Waals surface area contributed by atoms with Gasteiger partial charge in [-0.05, 0) is 27.7 Å². The molecule has 0 aliphatic rings. The van der Waals surface area contributed by atoms with Gasteiger partial charge in [0.25, 0.3) is 5.56 Å². The molecule has 1 atom stereocenters. The molecule has 112 valence electrons. The summed E-state index contributed by atoms with van der Waals surface area (Å²) in [5, 5.41) is 2.81. The molecule has 0 spiro atoms. The Morgan fingerprint density at radius 2 is 2.05 bits per heavy atom. The molecule has 21 heavy (non-hydrogen) atoms. The van der Waals surface area contributed by atoms with E-state index in [2.05, 4.69) is 25.3 Å². The summed E-state index contributed by atoms with van der Waals surface area (Å²) in [6, 6.07) is -0.246. The number of aryl methyl sites for hydroxylation is 3. The van der Waals surface area contributed by atoms with Crippen molar-refractivity contribution in [1.82, 2.24) is 25.3 Å². The van der Waals surface area contributed by atoms with Gasteiger partial charge in [-0.15, -0.1) is 0 Å². The van der Waals surface area contributed by atoms with E-state index < -0.39 is 0 Å². The van der Waals surface area contributed by atoms with Crippen LogP contribution in [0.25, 0.3) is 0 Å². The molecule has 0 fully saturated rings. The van der Waals surface area contributed by atoms with Gasteiger partial charge in [0.1, 0.15) is 11.6 Å². The third-order valence-electron chi connectivity index (χ3n) is 3.19. The minimum Gasteiger partial charge on any atom is -0.346 e. The van der Waals surface area contributed by atoms with Gasteiger partial charge in [0.2, 0.25) is 5.91 Å². The Balaban J connectivity index is 2.07. The quantitative estimate of drug-likeness (QED) is 0.775. The predicted molar refractivity (Wildman–Crippen MR) is 77.9 cm³/mol. The number of carbonyl (C=O) groups is 1. The lowest BCUT2D eigenvalue weighted by Crippen LogP contribution is -2.31. The number of imidazole rings is 1. The minimum absolute atomic E-state index is 0.00151. The van der Waals surface area contributed by atoms with Gasteiger partial charge in [0.05, 0.1) is 12.5 Å². The van der Waals surface area contributed by atoms with Crippen molar-refractivity contribution < 1.29 is 4.79 Å². The van der Waals surface area contributed by atoms with E-state index in [1.165, 1.54) is 0 Å². The lowest BCUT2D eigenvalue weighted by molar-refractivity contribution is -0.121. The van der Waals surface area contributed by atoms with Crippen LogP contribution in [-0.2, 0) is 11.2 Å². The summed E-state index contributed by atoms with van der Waals surface area (Å²) >= 11 is 0. The Morgan fingerprint density at radius 3 is 2.62 bits per heavy atom. The van der Waals surface area contributed by atoms with E-state index in [-0.39, 0.29) is 23.9 Å². The van der Waals surface area contributed by atoms with Crippen molar-refractivity contribution in [1.29, 1.82) is 0 Å². The Labute approximate surface area is 122 Å². The Hall–Kier alpha value is -2.44. The first-order chi connectivity index (χ1) is 9.86. The predicted octanol–water partition coefficient (Wildman–Crippen LogP) is 0.838. The van der Waals surface area contributed by atoms with Crippen LogP contribution in [0.1, 0.15) is 41.6 Å². The molecule has 0 saturated carbocycles. The molecule has 2 aromatic rings. The first kappa shape index (κ1) is 15.0. The van der Waals surface area contributed by atoms with Crippen LogP contribution in [0.15, 0.2) is 11.0 Å². The molecular weight excluding hydrogens is 270 g/mol. The van der Waals surface area contributed by atoms with E-state index in [1.54, 1.807) is 20.0 Å². The van der Waals surface area contributed by atoms with Crippen molar-refractivity contribution in [2.75, 3.05) is 0 Å². The number of aromatic nitrogens is 4. The van der Waals surface area contributed by atoms with E-state index in [0.29, 0.717) is 22.9 Å². The molecule has 7 nitrogen and oxygen atoms in total. The second kappa shape index (κ2) is 5.90. The first-order valence-electron chi connectivity index (χ1n) is 6.74. The minimum atomic E-state index is -0.267. The maximum Gasteiger partial charge on any atom is 0.254 e. The zero-order valence-electron chi connectivity index (χ0n) is 12.6. The summed E-state index contributed by atoms with van der Waals surface area (Å²) in [7, 11) is 0. The topological polar surface area (TPSA) is 104 Å². The monoisotopic (exact) mass is 289 g/mol. The van der Waals surface area contributed by atoms with E-state index in [4.69, 9.17) is 0 Å². The van der Waals surface area contributed by atoms with Gasteiger partial charge in [0.15, 0.2) is 0 Å². The first-order valence-corrected chi connectivity index (χ1v) is 6.74. The highest BCUT2D eigenvalue weighted by molar-refractivity contribution is 5.79. The molecule has 2 heterocycles. The second-order valence-corrected chi connectivity index (χ2v) is 5.13. The third-order valence-corrected chi connectivity index (χ3v) is 3.19. The molecule has 1 unspecified atom stereocenters. The summed E-state index contributed by atoms with van der Waals surface area (Å²) in [6.07, 6.45) is 1.70. The fraction of sp³-hybridized carbons (Fsp3) is 0.429.